The lowest BCUT2D eigenvalue weighted by Gasteiger charge is -2.33. The Balaban J connectivity index is 0.000000583. The standard InChI is InChI=1S/C12H24.C3H8/c1-4-6-11-8-7-10(3)12(5-2)9-11;1-3-2/h10-12H,4-9H2,1-3H3;3H2,1-2H3. The van der Waals surface area contributed by atoms with Gasteiger partial charge < -0.3 is 0 Å². The summed E-state index contributed by atoms with van der Waals surface area (Å²) in [4.78, 5) is 0. The second kappa shape index (κ2) is 9.24. The summed E-state index contributed by atoms with van der Waals surface area (Å²) in [7, 11) is 0. The summed E-state index contributed by atoms with van der Waals surface area (Å²) in [5.74, 6) is 3.11. The monoisotopic (exact) mass is 212 g/mol. The van der Waals surface area contributed by atoms with Crippen molar-refractivity contribution in [2.24, 2.45) is 17.8 Å². The zero-order chi connectivity index (χ0) is 11.7. The molecule has 3 unspecified atom stereocenters. The normalized spacial score (nSPS) is 30.6. The van der Waals surface area contributed by atoms with Crippen LogP contribution >= 0.6 is 0 Å². The average molecular weight is 212 g/mol. The SMILES string of the molecule is CCC.CCCC1CCC(C)C(CC)C1. The van der Waals surface area contributed by atoms with E-state index in [-0.39, 0.29) is 0 Å². The highest BCUT2D eigenvalue weighted by atomic mass is 14.3. The minimum absolute atomic E-state index is 1.00. The van der Waals surface area contributed by atoms with Crippen molar-refractivity contribution in [3.05, 3.63) is 0 Å². The van der Waals surface area contributed by atoms with E-state index in [1.807, 2.05) is 0 Å². The van der Waals surface area contributed by atoms with Crippen LogP contribution in [0.25, 0.3) is 0 Å². The van der Waals surface area contributed by atoms with Crippen molar-refractivity contribution < 1.29 is 0 Å². The Bertz CT molecular complexity index is 128. The lowest BCUT2D eigenvalue weighted by Crippen LogP contribution is -2.22. The topological polar surface area (TPSA) is 0 Å². The van der Waals surface area contributed by atoms with Crippen molar-refractivity contribution in [2.45, 2.75) is 79.6 Å². The molecular formula is C15H32. The first-order chi connectivity index (χ1) is 7.19. The zero-order valence-corrected chi connectivity index (χ0v) is 11.7. The summed E-state index contributed by atoms with van der Waals surface area (Å²) in [6, 6.07) is 0. The van der Waals surface area contributed by atoms with Crippen LogP contribution in [0.2, 0.25) is 0 Å². The van der Waals surface area contributed by atoms with Crippen molar-refractivity contribution in [3.63, 3.8) is 0 Å². The highest BCUT2D eigenvalue weighted by Crippen LogP contribution is 2.37. The highest BCUT2D eigenvalue weighted by molar-refractivity contribution is 4.76. The largest absolute Gasteiger partial charge is 0.0656 e. The molecule has 92 valence electrons. The second-order valence-electron chi connectivity index (χ2n) is 5.32. The Morgan fingerprint density at radius 3 is 2.07 bits per heavy atom. The summed E-state index contributed by atoms with van der Waals surface area (Å²) >= 11 is 0. The van der Waals surface area contributed by atoms with Gasteiger partial charge in [0.25, 0.3) is 0 Å². The molecule has 0 heterocycles. The van der Waals surface area contributed by atoms with E-state index >= 15 is 0 Å². The van der Waals surface area contributed by atoms with Gasteiger partial charge in [-0.05, 0) is 24.2 Å². The van der Waals surface area contributed by atoms with Gasteiger partial charge in [-0.1, -0.05) is 73.1 Å². The quantitative estimate of drug-likeness (QED) is 0.566. The van der Waals surface area contributed by atoms with E-state index in [1.54, 1.807) is 0 Å². The van der Waals surface area contributed by atoms with Crippen molar-refractivity contribution in [2.75, 3.05) is 0 Å². The van der Waals surface area contributed by atoms with Crippen LogP contribution in [0.5, 0.6) is 0 Å². The maximum atomic E-state index is 2.44. The molecule has 0 saturated heterocycles. The molecule has 0 aromatic carbocycles. The molecule has 1 saturated carbocycles. The van der Waals surface area contributed by atoms with Crippen LogP contribution in [-0.2, 0) is 0 Å². The van der Waals surface area contributed by atoms with Gasteiger partial charge >= 0.3 is 0 Å². The minimum Gasteiger partial charge on any atom is -0.0656 e. The lowest BCUT2D eigenvalue weighted by atomic mass is 9.72. The van der Waals surface area contributed by atoms with E-state index < -0.39 is 0 Å². The molecule has 0 heteroatoms. The van der Waals surface area contributed by atoms with Crippen LogP contribution in [-0.4, -0.2) is 0 Å². The molecular weight excluding hydrogens is 180 g/mol. The Kier molecular flexibility index (Phi) is 9.24. The molecule has 0 nitrogen and oxygen atoms in total. The third-order valence-electron chi connectivity index (χ3n) is 3.69. The molecule has 15 heavy (non-hydrogen) atoms. The van der Waals surface area contributed by atoms with Gasteiger partial charge in [0.05, 0.1) is 0 Å². The third kappa shape index (κ3) is 6.22. The van der Waals surface area contributed by atoms with E-state index in [0.717, 1.165) is 17.8 Å². The summed E-state index contributed by atoms with van der Waals surface area (Å²) in [6.07, 6.45) is 10.0. The van der Waals surface area contributed by atoms with Gasteiger partial charge in [-0.3, -0.25) is 0 Å². The zero-order valence-electron chi connectivity index (χ0n) is 11.7. The van der Waals surface area contributed by atoms with Crippen LogP contribution in [0.4, 0.5) is 0 Å². The fraction of sp³-hybridized carbons (Fsp3) is 1.00. The van der Waals surface area contributed by atoms with Gasteiger partial charge in [0.1, 0.15) is 0 Å². The van der Waals surface area contributed by atoms with Crippen LogP contribution in [0.1, 0.15) is 79.6 Å². The van der Waals surface area contributed by atoms with Crippen LogP contribution in [0.3, 0.4) is 0 Å². The maximum absolute atomic E-state index is 2.44. The molecule has 0 radical (unpaired) electrons. The fourth-order valence-electron chi connectivity index (χ4n) is 2.75. The van der Waals surface area contributed by atoms with E-state index in [4.69, 9.17) is 0 Å². The van der Waals surface area contributed by atoms with Crippen molar-refractivity contribution in [1.82, 2.24) is 0 Å². The first-order valence-corrected chi connectivity index (χ1v) is 7.19. The van der Waals surface area contributed by atoms with E-state index in [1.165, 1.54) is 44.9 Å². The molecule has 1 aliphatic carbocycles. The minimum atomic E-state index is 1.00. The Hall–Kier alpha value is 0. The van der Waals surface area contributed by atoms with Gasteiger partial charge in [0.2, 0.25) is 0 Å². The third-order valence-corrected chi connectivity index (χ3v) is 3.69. The molecule has 0 aromatic rings. The van der Waals surface area contributed by atoms with E-state index in [9.17, 15) is 0 Å². The van der Waals surface area contributed by atoms with Crippen LogP contribution < -0.4 is 0 Å². The molecule has 3 atom stereocenters. The molecule has 0 aliphatic heterocycles. The fourth-order valence-corrected chi connectivity index (χ4v) is 2.75. The van der Waals surface area contributed by atoms with Gasteiger partial charge in [0, 0.05) is 0 Å². The summed E-state index contributed by atoms with van der Waals surface area (Å²) < 4.78 is 0. The molecule has 0 N–H and O–H groups in total. The first kappa shape index (κ1) is 15.0. The molecule has 1 rings (SSSR count). The molecule has 0 spiro atoms. The molecule has 0 aromatic heterocycles. The summed E-state index contributed by atoms with van der Waals surface area (Å²) in [6.45, 7) is 11.4. The number of hydrogen-bond donors (Lipinski definition) is 0. The predicted octanol–water partition coefficient (Wildman–Crippen LogP) is 5.67. The van der Waals surface area contributed by atoms with E-state index in [0.29, 0.717) is 0 Å². The van der Waals surface area contributed by atoms with Gasteiger partial charge in [-0.2, -0.15) is 0 Å². The lowest BCUT2D eigenvalue weighted by molar-refractivity contribution is 0.180. The van der Waals surface area contributed by atoms with Gasteiger partial charge in [-0.25, -0.2) is 0 Å². The van der Waals surface area contributed by atoms with Crippen molar-refractivity contribution in [3.8, 4) is 0 Å². The van der Waals surface area contributed by atoms with Gasteiger partial charge in [0.15, 0.2) is 0 Å². The Morgan fingerprint density at radius 2 is 1.60 bits per heavy atom. The van der Waals surface area contributed by atoms with E-state index in [2.05, 4.69) is 34.6 Å². The molecule has 1 aliphatic rings. The van der Waals surface area contributed by atoms with Crippen molar-refractivity contribution >= 4 is 0 Å². The maximum Gasteiger partial charge on any atom is -0.0388 e. The summed E-state index contributed by atoms with van der Waals surface area (Å²) in [5.41, 5.74) is 0. The van der Waals surface area contributed by atoms with Gasteiger partial charge in [-0.15, -0.1) is 0 Å². The molecule has 0 bridgehead atoms. The predicted molar refractivity (Wildman–Crippen MR) is 71.2 cm³/mol. The summed E-state index contributed by atoms with van der Waals surface area (Å²) in [5, 5.41) is 0. The number of hydrogen-bond acceptors (Lipinski definition) is 0. The highest BCUT2D eigenvalue weighted by Gasteiger charge is 2.25. The van der Waals surface area contributed by atoms with Crippen LogP contribution in [0, 0.1) is 17.8 Å². The smallest absolute Gasteiger partial charge is 0.0388 e. The number of rotatable bonds is 3. The first-order valence-electron chi connectivity index (χ1n) is 7.19. The Morgan fingerprint density at radius 1 is 1.00 bits per heavy atom. The average Bonchev–Trinajstić information content (AvgIpc) is 2.22. The molecule has 1 fully saturated rings. The van der Waals surface area contributed by atoms with Crippen molar-refractivity contribution in [1.29, 1.82) is 0 Å². The Labute approximate surface area is 97.8 Å². The second-order valence-corrected chi connectivity index (χ2v) is 5.32. The molecule has 0 amide bonds. The van der Waals surface area contributed by atoms with Crippen LogP contribution in [0.15, 0.2) is 0 Å².